The largest absolute Gasteiger partial charge is 0.397 e. The lowest BCUT2D eigenvalue weighted by Crippen LogP contribution is -2.32. The predicted octanol–water partition coefficient (Wildman–Crippen LogP) is 1.60. The van der Waals surface area contributed by atoms with Crippen LogP contribution in [0.5, 0.6) is 0 Å². The van der Waals surface area contributed by atoms with Crippen LogP contribution in [0.15, 0.2) is 41.6 Å². The van der Waals surface area contributed by atoms with Crippen molar-refractivity contribution in [3.8, 4) is 0 Å². The van der Waals surface area contributed by atoms with E-state index in [1.807, 2.05) is 6.92 Å². The van der Waals surface area contributed by atoms with E-state index in [4.69, 9.17) is 5.73 Å². The van der Waals surface area contributed by atoms with Gasteiger partial charge >= 0.3 is 0 Å². The number of hydrogen-bond acceptors (Lipinski definition) is 4. The average molecular weight is 280 g/mol. The fourth-order valence-corrected chi connectivity index (χ4v) is 3.28. The Hall–Kier alpha value is -2.02. The number of H-pyrrole nitrogens is 1. The Labute approximate surface area is 112 Å². The Balaban J connectivity index is 2.50. The lowest BCUT2D eigenvalue weighted by Gasteiger charge is -2.24. The normalized spacial score (nSPS) is 11.4. The Bertz CT molecular complexity index is 638. The molecular formula is C12H16N4O2S. The van der Waals surface area contributed by atoms with E-state index >= 15 is 0 Å². The smallest absolute Gasteiger partial charge is 0.281 e. The van der Waals surface area contributed by atoms with Crippen LogP contribution in [0, 0.1) is 0 Å². The maximum Gasteiger partial charge on any atom is 0.281 e. The minimum atomic E-state index is -3.66. The van der Waals surface area contributed by atoms with Crippen LogP contribution >= 0.6 is 0 Å². The summed E-state index contributed by atoms with van der Waals surface area (Å²) in [6, 6.07) is 8.33. The molecule has 0 unspecified atom stereocenters. The molecule has 0 fully saturated rings. The van der Waals surface area contributed by atoms with Crippen molar-refractivity contribution in [2.45, 2.75) is 18.4 Å². The first-order chi connectivity index (χ1) is 9.07. The summed E-state index contributed by atoms with van der Waals surface area (Å²) >= 11 is 0. The van der Waals surface area contributed by atoms with E-state index in [1.165, 1.54) is 16.6 Å². The van der Waals surface area contributed by atoms with Crippen molar-refractivity contribution in [3.05, 3.63) is 36.5 Å². The third kappa shape index (κ3) is 2.55. The number of aromatic amines is 1. The Morgan fingerprint density at radius 2 is 2.05 bits per heavy atom. The summed E-state index contributed by atoms with van der Waals surface area (Å²) in [6.45, 7) is 2.27. The van der Waals surface area contributed by atoms with Gasteiger partial charge in [-0.1, -0.05) is 19.1 Å². The zero-order chi connectivity index (χ0) is 13.9. The molecule has 6 nitrogen and oxygen atoms in total. The highest BCUT2D eigenvalue weighted by Crippen LogP contribution is 2.27. The van der Waals surface area contributed by atoms with Gasteiger partial charge in [0.25, 0.3) is 10.0 Å². The summed E-state index contributed by atoms with van der Waals surface area (Å²) < 4.78 is 26.4. The molecule has 3 N–H and O–H groups in total. The number of para-hydroxylation sites is 2. The van der Waals surface area contributed by atoms with E-state index in [2.05, 4.69) is 10.2 Å². The first-order valence-corrected chi connectivity index (χ1v) is 7.38. The van der Waals surface area contributed by atoms with Crippen LogP contribution in [-0.2, 0) is 10.0 Å². The van der Waals surface area contributed by atoms with Gasteiger partial charge in [-0.15, -0.1) is 0 Å². The van der Waals surface area contributed by atoms with Crippen LogP contribution in [0.4, 0.5) is 11.4 Å². The maximum atomic E-state index is 12.5. The second-order valence-corrected chi connectivity index (χ2v) is 5.89. The van der Waals surface area contributed by atoms with E-state index in [0.29, 0.717) is 24.3 Å². The molecular weight excluding hydrogens is 264 g/mol. The van der Waals surface area contributed by atoms with Gasteiger partial charge in [0.2, 0.25) is 0 Å². The molecule has 1 heterocycles. The number of nitrogens with two attached hydrogens (primary N) is 1. The minimum Gasteiger partial charge on any atom is -0.397 e. The first-order valence-electron chi connectivity index (χ1n) is 5.94. The number of nitrogens with zero attached hydrogens (tertiary/aromatic N) is 2. The molecule has 0 aliphatic rings. The Morgan fingerprint density at radius 1 is 1.32 bits per heavy atom. The van der Waals surface area contributed by atoms with E-state index < -0.39 is 10.0 Å². The molecule has 0 atom stereocenters. The molecule has 0 amide bonds. The van der Waals surface area contributed by atoms with Crippen LogP contribution < -0.4 is 10.0 Å². The van der Waals surface area contributed by atoms with Crippen molar-refractivity contribution in [1.29, 1.82) is 0 Å². The van der Waals surface area contributed by atoms with E-state index in [-0.39, 0.29) is 5.03 Å². The number of hydrogen-bond donors (Lipinski definition) is 2. The molecule has 0 bridgehead atoms. The average Bonchev–Trinajstić information content (AvgIpc) is 2.91. The number of anilines is 2. The minimum absolute atomic E-state index is 0.0594. The van der Waals surface area contributed by atoms with Crippen LogP contribution in [-0.4, -0.2) is 25.2 Å². The highest BCUT2D eigenvalue weighted by atomic mass is 32.2. The van der Waals surface area contributed by atoms with Gasteiger partial charge in [0.1, 0.15) is 0 Å². The first kappa shape index (κ1) is 13.4. The fraction of sp³-hybridized carbons (Fsp3) is 0.250. The van der Waals surface area contributed by atoms with Gasteiger partial charge in [-0.2, -0.15) is 13.5 Å². The summed E-state index contributed by atoms with van der Waals surface area (Å²) in [7, 11) is -3.66. The quantitative estimate of drug-likeness (QED) is 0.814. The predicted molar refractivity (Wildman–Crippen MR) is 74.3 cm³/mol. The molecule has 1 aromatic carbocycles. The van der Waals surface area contributed by atoms with Gasteiger partial charge < -0.3 is 5.73 Å². The molecule has 0 aliphatic heterocycles. The summed E-state index contributed by atoms with van der Waals surface area (Å²) in [5.41, 5.74) is 6.78. The summed E-state index contributed by atoms with van der Waals surface area (Å²) in [6.07, 6.45) is 2.09. The second-order valence-electron chi connectivity index (χ2n) is 4.06. The number of aromatic nitrogens is 2. The van der Waals surface area contributed by atoms with Gasteiger partial charge in [0, 0.05) is 6.54 Å². The lowest BCUT2D eigenvalue weighted by molar-refractivity contribution is 0.586. The zero-order valence-electron chi connectivity index (χ0n) is 10.6. The van der Waals surface area contributed by atoms with Crippen LogP contribution in [0.2, 0.25) is 0 Å². The van der Waals surface area contributed by atoms with Crippen molar-refractivity contribution in [2.75, 3.05) is 16.6 Å². The molecule has 2 aromatic rings. The second kappa shape index (κ2) is 5.31. The van der Waals surface area contributed by atoms with E-state index in [9.17, 15) is 8.42 Å². The number of nitrogens with one attached hydrogen (secondary N) is 1. The molecule has 19 heavy (non-hydrogen) atoms. The number of nitrogen functional groups attached to an aromatic ring is 1. The number of benzene rings is 1. The molecule has 0 spiro atoms. The van der Waals surface area contributed by atoms with Crippen molar-refractivity contribution in [2.24, 2.45) is 0 Å². The van der Waals surface area contributed by atoms with E-state index in [1.54, 1.807) is 24.3 Å². The highest BCUT2D eigenvalue weighted by molar-refractivity contribution is 7.92. The Kier molecular flexibility index (Phi) is 3.75. The molecule has 0 saturated heterocycles. The van der Waals surface area contributed by atoms with Crippen molar-refractivity contribution >= 4 is 21.4 Å². The molecule has 1 aromatic heterocycles. The third-order valence-electron chi connectivity index (χ3n) is 2.68. The fourth-order valence-electron chi connectivity index (χ4n) is 1.79. The van der Waals surface area contributed by atoms with E-state index in [0.717, 1.165) is 0 Å². The van der Waals surface area contributed by atoms with Gasteiger partial charge in [0.15, 0.2) is 5.03 Å². The molecule has 2 rings (SSSR count). The summed E-state index contributed by atoms with van der Waals surface area (Å²) in [4.78, 5) is 0. The maximum absolute atomic E-state index is 12.5. The lowest BCUT2D eigenvalue weighted by atomic mass is 10.2. The van der Waals surface area contributed by atoms with Crippen LogP contribution in [0.3, 0.4) is 0 Å². The molecule has 0 radical (unpaired) electrons. The van der Waals surface area contributed by atoms with Crippen molar-refractivity contribution in [1.82, 2.24) is 10.2 Å². The molecule has 102 valence electrons. The van der Waals surface area contributed by atoms with Crippen molar-refractivity contribution in [3.63, 3.8) is 0 Å². The number of rotatable bonds is 5. The third-order valence-corrected chi connectivity index (χ3v) is 4.42. The van der Waals surface area contributed by atoms with Gasteiger partial charge in [-0.3, -0.25) is 9.40 Å². The topological polar surface area (TPSA) is 92.1 Å². The standard InChI is InChI=1S/C12H16N4O2S/c1-2-9-16(11-6-4-3-5-10(11)13)19(17,18)12-7-8-14-15-12/h3-8H,2,9,13H2,1H3,(H,14,15). The summed E-state index contributed by atoms with van der Waals surface area (Å²) in [5, 5.41) is 6.23. The monoisotopic (exact) mass is 280 g/mol. The summed E-state index contributed by atoms with van der Waals surface area (Å²) in [5.74, 6) is 0. The van der Waals surface area contributed by atoms with Gasteiger partial charge in [0.05, 0.1) is 17.6 Å². The van der Waals surface area contributed by atoms with Gasteiger partial charge in [-0.25, -0.2) is 0 Å². The van der Waals surface area contributed by atoms with Gasteiger partial charge in [-0.05, 0) is 24.6 Å². The SMILES string of the molecule is CCCN(c1ccccc1N)S(=O)(=O)c1ccn[nH]1. The molecule has 0 aliphatic carbocycles. The van der Waals surface area contributed by atoms with Crippen molar-refractivity contribution < 1.29 is 8.42 Å². The molecule has 0 saturated carbocycles. The van der Waals surface area contributed by atoms with Crippen LogP contribution in [0.1, 0.15) is 13.3 Å². The molecule has 7 heteroatoms. The zero-order valence-corrected chi connectivity index (χ0v) is 11.4. The highest BCUT2D eigenvalue weighted by Gasteiger charge is 2.26. The van der Waals surface area contributed by atoms with Crippen LogP contribution in [0.25, 0.3) is 0 Å². The Morgan fingerprint density at radius 3 is 2.63 bits per heavy atom. The number of sulfonamides is 1.